The van der Waals surface area contributed by atoms with Gasteiger partial charge in [-0.05, 0) is 54.5 Å². The molecule has 2 aliphatic heterocycles. The Balaban J connectivity index is 1.44. The van der Waals surface area contributed by atoms with Crippen LogP contribution in [0.4, 0.5) is 5.69 Å². The Morgan fingerprint density at radius 3 is 2.62 bits per heavy atom. The van der Waals surface area contributed by atoms with Crippen LogP contribution in [0.2, 0.25) is 10.0 Å². The van der Waals surface area contributed by atoms with Crippen LogP contribution in [0, 0.1) is 6.92 Å². The number of carbonyl (C=O) groups excluding carboxylic acids is 1. The smallest absolute Gasteiger partial charge is 0.223 e. The van der Waals surface area contributed by atoms with E-state index in [1.807, 2.05) is 30.3 Å². The van der Waals surface area contributed by atoms with Crippen molar-refractivity contribution in [1.29, 1.82) is 0 Å². The van der Waals surface area contributed by atoms with Gasteiger partial charge in [-0.15, -0.1) is 0 Å². The fourth-order valence-electron chi connectivity index (χ4n) is 5.39. The second-order valence-corrected chi connectivity index (χ2v) is 11.0. The number of nitrogens with one attached hydrogen (secondary N) is 1. The molecule has 0 saturated carbocycles. The second-order valence-electron chi connectivity index (χ2n) is 10.1. The predicted molar refractivity (Wildman–Crippen MR) is 150 cm³/mol. The molecule has 3 aromatic carbocycles. The number of aryl methyl sites for hydroxylation is 1. The highest BCUT2D eigenvalue weighted by molar-refractivity contribution is 6.35. The fourth-order valence-corrected chi connectivity index (χ4v) is 5.85. The zero-order valence-electron chi connectivity index (χ0n) is 21.4. The van der Waals surface area contributed by atoms with Crippen LogP contribution in [-0.4, -0.2) is 25.2 Å². The number of carbonyl (C=O) groups is 1. The minimum absolute atomic E-state index is 0.0562. The summed E-state index contributed by atoms with van der Waals surface area (Å²) >= 11 is 12.3. The molecule has 1 unspecified atom stereocenters. The monoisotopic (exact) mass is 536 g/mol. The van der Waals surface area contributed by atoms with Gasteiger partial charge < -0.3 is 19.7 Å². The molecule has 1 N–H and O–H groups in total. The lowest BCUT2D eigenvalue weighted by atomic mass is 9.74. The van der Waals surface area contributed by atoms with Crippen molar-refractivity contribution in [3.8, 4) is 11.5 Å². The molecule has 0 bridgehead atoms. The van der Waals surface area contributed by atoms with E-state index in [4.69, 9.17) is 32.7 Å². The van der Waals surface area contributed by atoms with Crippen molar-refractivity contribution in [1.82, 2.24) is 5.32 Å². The molecule has 192 valence electrons. The molecule has 1 fully saturated rings. The Kier molecular flexibility index (Phi) is 6.63. The van der Waals surface area contributed by atoms with Crippen molar-refractivity contribution in [3.05, 3.63) is 93.0 Å². The summed E-state index contributed by atoms with van der Waals surface area (Å²) in [6.45, 7) is 7.45. The number of hydrogen-bond donors (Lipinski definition) is 1. The van der Waals surface area contributed by atoms with Gasteiger partial charge in [0.05, 0.1) is 7.11 Å². The van der Waals surface area contributed by atoms with Crippen molar-refractivity contribution in [2.24, 2.45) is 0 Å². The molecule has 0 radical (unpaired) electrons. The van der Waals surface area contributed by atoms with Gasteiger partial charge in [-0.25, -0.2) is 0 Å². The molecule has 1 atom stereocenters. The number of fused-ring (bicyclic) bond motifs is 3. The number of hydrogen-bond acceptors (Lipinski definition) is 4. The SMILES string of the molecule is COc1cc(C=CC23NC(=O)CCN2c2ccc(C)cc2C3(C)C)ccc1OCc1ccc(Cl)cc1Cl. The molecule has 0 aliphatic carbocycles. The van der Waals surface area contributed by atoms with E-state index in [0.717, 1.165) is 11.1 Å². The Bertz CT molecular complexity index is 1400. The zero-order chi connectivity index (χ0) is 26.4. The van der Waals surface area contributed by atoms with Gasteiger partial charge in [0.1, 0.15) is 12.3 Å². The standard InChI is InChI=1S/C30H30Cl2N2O3/c1-19-5-9-25-23(15-19)29(2,3)30(33-28(35)12-14-34(25)30)13-11-20-6-10-26(27(16-20)36-4)37-18-21-7-8-22(31)17-24(21)32/h5-11,13,15-17H,12,14,18H2,1-4H3,(H,33,35). The van der Waals surface area contributed by atoms with Gasteiger partial charge in [0.15, 0.2) is 11.5 Å². The molecule has 5 rings (SSSR count). The highest BCUT2D eigenvalue weighted by Crippen LogP contribution is 2.52. The van der Waals surface area contributed by atoms with Crippen LogP contribution in [0.25, 0.3) is 6.08 Å². The van der Waals surface area contributed by atoms with Gasteiger partial charge in [-0.3, -0.25) is 4.79 Å². The second kappa shape index (κ2) is 9.62. The van der Waals surface area contributed by atoms with Crippen LogP contribution in [-0.2, 0) is 16.8 Å². The van der Waals surface area contributed by atoms with E-state index in [2.05, 4.69) is 55.3 Å². The van der Waals surface area contributed by atoms with E-state index in [1.165, 1.54) is 16.8 Å². The van der Waals surface area contributed by atoms with Crippen molar-refractivity contribution in [3.63, 3.8) is 0 Å². The summed E-state index contributed by atoms with van der Waals surface area (Å²) in [5.41, 5.74) is 4.37. The summed E-state index contributed by atoms with van der Waals surface area (Å²) in [4.78, 5) is 15.0. The van der Waals surface area contributed by atoms with E-state index in [9.17, 15) is 4.79 Å². The maximum Gasteiger partial charge on any atom is 0.223 e. The summed E-state index contributed by atoms with van der Waals surface area (Å²) < 4.78 is 11.6. The van der Waals surface area contributed by atoms with Crippen LogP contribution in [0.15, 0.2) is 60.7 Å². The van der Waals surface area contributed by atoms with Gasteiger partial charge in [0.25, 0.3) is 0 Å². The minimum Gasteiger partial charge on any atom is -0.493 e. The highest BCUT2D eigenvalue weighted by atomic mass is 35.5. The Hall–Kier alpha value is -3.15. The number of ether oxygens (including phenoxy) is 2. The van der Waals surface area contributed by atoms with Crippen molar-refractivity contribution in [2.75, 3.05) is 18.6 Å². The number of methoxy groups -OCH3 is 1. The van der Waals surface area contributed by atoms with E-state index in [-0.39, 0.29) is 17.9 Å². The van der Waals surface area contributed by atoms with Gasteiger partial charge >= 0.3 is 0 Å². The Morgan fingerprint density at radius 2 is 1.86 bits per heavy atom. The van der Waals surface area contributed by atoms with Crippen LogP contribution in [0.3, 0.4) is 0 Å². The summed E-state index contributed by atoms with van der Waals surface area (Å²) in [6, 6.07) is 17.7. The number of benzene rings is 3. The van der Waals surface area contributed by atoms with Crippen LogP contribution < -0.4 is 19.7 Å². The average molecular weight is 537 g/mol. The van der Waals surface area contributed by atoms with Gasteiger partial charge in [-0.1, -0.05) is 73.0 Å². The number of halogens is 2. The summed E-state index contributed by atoms with van der Waals surface area (Å²) in [6.07, 6.45) is 4.63. The number of nitrogens with zero attached hydrogens (tertiary/aromatic N) is 1. The third-order valence-electron chi connectivity index (χ3n) is 7.49. The van der Waals surface area contributed by atoms with Crippen LogP contribution in [0.1, 0.15) is 42.5 Å². The van der Waals surface area contributed by atoms with Crippen molar-refractivity contribution < 1.29 is 14.3 Å². The van der Waals surface area contributed by atoms with Crippen molar-refractivity contribution >= 4 is 40.9 Å². The average Bonchev–Trinajstić information content (AvgIpc) is 3.05. The normalized spacial score (nSPS) is 19.9. The quantitative estimate of drug-likeness (QED) is 0.371. The summed E-state index contributed by atoms with van der Waals surface area (Å²) in [5.74, 6) is 1.28. The van der Waals surface area contributed by atoms with Crippen molar-refractivity contribution in [2.45, 2.75) is 44.9 Å². The first-order valence-electron chi connectivity index (χ1n) is 12.3. The molecule has 0 aromatic heterocycles. The van der Waals surface area contributed by atoms with Gasteiger partial charge in [0.2, 0.25) is 5.91 Å². The van der Waals surface area contributed by atoms with Crippen LogP contribution in [0.5, 0.6) is 11.5 Å². The van der Waals surface area contributed by atoms with E-state index < -0.39 is 5.66 Å². The lowest BCUT2D eigenvalue weighted by molar-refractivity contribution is -0.124. The minimum atomic E-state index is -0.674. The lowest BCUT2D eigenvalue weighted by Gasteiger charge is -2.49. The Labute approximate surface area is 228 Å². The topological polar surface area (TPSA) is 50.8 Å². The molecular formula is C30H30Cl2N2O3. The first-order valence-corrected chi connectivity index (χ1v) is 13.0. The number of amides is 1. The number of rotatable bonds is 6. The molecule has 3 aromatic rings. The van der Waals surface area contributed by atoms with Crippen LogP contribution >= 0.6 is 23.2 Å². The molecular weight excluding hydrogens is 507 g/mol. The molecule has 7 heteroatoms. The molecule has 2 heterocycles. The molecule has 1 saturated heterocycles. The fraction of sp³-hybridized carbons (Fsp3) is 0.300. The third-order valence-corrected chi connectivity index (χ3v) is 8.08. The van der Waals surface area contributed by atoms with Gasteiger partial charge in [-0.2, -0.15) is 0 Å². The highest BCUT2D eigenvalue weighted by Gasteiger charge is 2.57. The molecule has 2 aliphatic rings. The van der Waals surface area contributed by atoms with E-state index in [1.54, 1.807) is 19.2 Å². The van der Waals surface area contributed by atoms with Gasteiger partial charge in [0, 0.05) is 39.7 Å². The van der Waals surface area contributed by atoms with E-state index >= 15 is 0 Å². The maximum absolute atomic E-state index is 12.7. The van der Waals surface area contributed by atoms with E-state index in [0.29, 0.717) is 34.5 Å². The Morgan fingerprint density at radius 1 is 1.05 bits per heavy atom. The molecule has 5 nitrogen and oxygen atoms in total. The largest absolute Gasteiger partial charge is 0.493 e. The molecule has 1 amide bonds. The first-order chi connectivity index (χ1) is 17.6. The predicted octanol–water partition coefficient (Wildman–Crippen LogP) is 6.92. The molecule has 0 spiro atoms. The molecule has 37 heavy (non-hydrogen) atoms. The first kappa shape index (κ1) is 25.5. The lowest BCUT2D eigenvalue weighted by Crippen LogP contribution is -2.68. The summed E-state index contributed by atoms with van der Waals surface area (Å²) in [5, 5.41) is 4.47. The number of anilines is 1. The third kappa shape index (κ3) is 4.45. The maximum atomic E-state index is 12.7. The summed E-state index contributed by atoms with van der Waals surface area (Å²) in [7, 11) is 1.62. The zero-order valence-corrected chi connectivity index (χ0v) is 22.9.